The summed E-state index contributed by atoms with van der Waals surface area (Å²) in [6.45, 7) is 0.611. The Morgan fingerprint density at radius 1 is 1.43 bits per heavy atom. The van der Waals surface area contributed by atoms with Crippen LogP contribution in [-0.4, -0.2) is 31.4 Å². The van der Waals surface area contributed by atoms with Crippen LogP contribution in [-0.2, 0) is 11.3 Å². The predicted molar refractivity (Wildman–Crippen MR) is 84.3 cm³/mol. The normalized spacial score (nSPS) is 11.1. The number of fused-ring (bicyclic) bond motifs is 1. The molecule has 0 aliphatic rings. The highest BCUT2D eigenvalue weighted by Crippen LogP contribution is 2.28. The lowest BCUT2D eigenvalue weighted by molar-refractivity contribution is -0.133. The molecule has 3 heterocycles. The molecule has 0 unspecified atom stereocenters. The second-order valence-corrected chi connectivity index (χ2v) is 6.98. The maximum Gasteiger partial charge on any atom is 0.313 e. The zero-order valence-corrected chi connectivity index (χ0v) is 13.1. The van der Waals surface area contributed by atoms with Crippen LogP contribution in [0.3, 0.4) is 0 Å². The molecule has 0 fully saturated rings. The molecule has 0 amide bonds. The van der Waals surface area contributed by atoms with Gasteiger partial charge in [-0.25, -0.2) is 4.98 Å². The lowest BCUT2D eigenvalue weighted by Crippen LogP contribution is -2.03. The van der Waals surface area contributed by atoms with Crippen molar-refractivity contribution in [1.82, 2.24) is 14.5 Å². The molecule has 0 bridgehead atoms. The van der Waals surface area contributed by atoms with Crippen molar-refractivity contribution in [3.63, 3.8) is 0 Å². The first-order valence-electron chi connectivity index (χ1n) is 6.02. The van der Waals surface area contributed by atoms with Gasteiger partial charge in [0.15, 0.2) is 5.16 Å². The van der Waals surface area contributed by atoms with Gasteiger partial charge in [0.25, 0.3) is 0 Å². The molecule has 5 nitrogen and oxygen atoms in total. The van der Waals surface area contributed by atoms with Crippen LogP contribution in [0.4, 0.5) is 0 Å². The highest BCUT2D eigenvalue weighted by Gasteiger charge is 2.13. The largest absolute Gasteiger partial charge is 0.481 e. The van der Waals surface area contributed by atoms with Crippen molar-refractivity contribution in [2.75, 3.05) is 5.75 Å². The number of aliphatic carboxylic acids is 1. The van der Waals surface area contributed by atoms with Crippen LogP contribution in [0.15, 0.2) is 35.7 Å². The van der Waals surface area contributed by atoms with E-state index >= 15 is 0 Å². The fourth-order valence-electron chi connectivity index (χ4n) is 1.94. The summed E-state index contributed by atoms with van der Waals surface area (Å²) >= 11 is 8.67. The summed E-state index contributed by atoms with van der Waals surface area (Å²) in [4.78, 5) is 20.4. The van der Waals surface area contributed by atoms with Crippen LogP contribution < -0.4 is 0 Å². The van der Waals surface area contributed by atoms with Gasteiger partial charge in [0, 0.05) is 11.1 Å². The van der Waals surface area contributed by atoms with Crippen molar-refractivity contribution in [3.8, 4) is 0 Å². The highest BCUT2D eigenvalue weighted by atomic mass is 35.5. The summed E-state index contributed by atoms with van der Waals surface area (Å²) in [5, 5.41) is 9.52. The third-order valence-electron chi connectivity index (χ3n) is 2.78. The van der Waals surface area contributed by atoms with E-state index in [1.807, 2.05) is 22.8 Å². The molecule has 3 rings (SSSR count). The quantitative estimate of drug-likeness (QED) is 0.722. The highest BCUT2D eigenvalue weighted by molar-refractivity contribution is 7.99. The lowest BCUT2D eigenvalue weighted by atomic mass is 10.4. The van der Waals surface area contributed by atoms with Crippen LogP contribution in [0.25, 0.3) is 11.0 Å². The number of aromatic nitrogens is 3. The zero-order valence-electron chi connectivity index (χ0n) is 10.7. The van der Waals surface area contributed by atoms with E-state index in [0.29, 0.717) is 11.7 Å². The van der Waals surface area contributed by atoms with E-state index in [0.717, 1.165) is 20.2 Å². The molecule has 3 aromatic heterocycles. The number of nitrogens with zero attached hydrogens (tertiary/aromatic N) is 3. The molecule has 0 spiro atoms. The van der Waals surface area contributed by atoms with E-state index in [1.165, 1.54) is 23.1 Å². The molecule has 0 aromatic carbocycles. The molecule has 0 aliphatic heterocycles. The molecule has 0 saturated carbocycles. The number of thiophene rings is 1. The molecule has 3 aromatic rings. The van der Waals surface area contributed by atoms with Gasteiger partial charge < -0.3 is 9.67 Å². The third-order valence-corrected chi connectivity index (χ3v) is 4.96. The van der Waals surface area contributed by atoms with E-state index in [1.54, 1.807) is 12.4 Å². The summed E-state index contributed by atoms with van der Waals surface area (Å²) in [7, 11) is 0. The molecule has 0 radical (unpaired) electrons. The molecule has 8 heteroatoms. The van der Waals surface area contributed by atoms with Crippen LogP contribution in [0.5, 0.6) is 0 Å². The molecule has 0 atom stereocenters. The number of hydrogen-bond donors (Lipinski definition) is 1. The van der Waals surface area contributed by atoms with E-state index in [4.69, 9.17) is 16.7 Å². The van der Waals surface area contributed by atoms with Gasteiger partial charge in [-0.05, 0) is 18.2 Å². The molecule has 0 saturated heterocycles. The lowest BCUT2D eigenvalue weighted by Gasteiger charge is -2.06. The minimum atomic E-state index is -0.865. The van der Waals surface area contributed by atoms with E-state index in [-0.39, 0.29) is 5.75 Å². The number of pyridine rings is 1. The van der Waals surface area contributed by atoms with Crippen molar-refractivity contribution >= 4 is 51.7 Å². The van der Waals surface area contributed by atoms with Crippen LogP contribution in [0.1, 0.15) is 4.88 Å². The van der Waals surface area contributed by atoms with Gasteiger partial charge in [-0.15, -0.1) is 11.3 Å². The van der Waals surface area contributed by atoms with Gasteiger partial charge in [-0.1, -0.05) is 23.4 Å². The van der Waals surface area contributed by atoms with Crippen molar-refractivity contribution < 1.29 is 9.90 Å². The zero-order chi connectivity index (χ0) is 14.8. The molecular formula is C13H10ClN3O2S2. The summed E-state index contributed by atoms with van der Waals surface area (Å²) in [5.74, 6) is -0.891. The van der Waals surface area contributed by atoms with E-state index in [9.17, 15) is 4.79 Å². The Labute approximate surface area is 133 Å². The number of hydrogen-bond acceptors (Lipinski definition) is 5. The number of carbonyl (C=O) groups is 1. The maximum atomic E-state index is 10.8. The smallest absolute Gasteiger partial charge is 0.313 e. The first-order chi connectivity index (χ1) is 10.1. The van der Waals surface area contributed by atoms with Crippen LogP contribution >= 0.6 is 34.7 Å². The minimum Gasteiger partial charge on any atom is -0.481 e. The topological polar surface area (TPSA) is 68.0 Å². The van der Waals surface area contributed by atoms with Gasteiger partial charge in [-0.3, -0.25) is 9.78 Å². The maximum absolute atomic E-state index is 10.8. The Hall–Kier alpha value is -1.57. The number of rotatable bonds is 5. The van der Waals surface area contributed by atoms with Gasteiger partial charge in [0.1, 0.15) is 5.52 Å². The molecule has 21 heavy (non-hydrogen) atoms. The fourth-order valence-corrected chi connectivity index (χ4v) is 3.75. The summed E-state index contributed by atoms with van der Waals surface area (Å²) < 4.78 is 2.73. The first-order valence-corrected chi connectivity index (χ1v) is 8.20. The Balaban J connectivity index is 2.00. The van der Waals surface area contributed by atoms with Gasteiger partial charge in [-0.2, -0.15) is 0 Å². The number of carboxylic acids is 1. The van der Waals surface area contributed by atoms with E-state index in [2.05, 4.69) is 9.97 Å². The Kier molecular flexibility index (Phi) is 4.14. The Morgan fingerprint density at radius 2 is 2.29 bits per heavy atom. The second-order valence-electron chi connectivity index (χ2n) is 4.23. The molecular weight excluding hydrogens is 330 g/mol. The standard InChI is InChI=1S/C13H10ClN3O2S2/c14-11-2-1-8(21-11)6-17-10-3-4-15-5-9(10)16-13(17)20-7-12(18)19/h1-5H,6-7H2,(H,18,19). The number of halogens is 1. The summed E-state index contributed by atoms with van der Waals surface area (Å²) in [6.07, 6.45) is 3.38. The predicted octanol–water partition coefficient (Wildman–Crippen LogP) is 3.37. The van der Waals surface area contributed by atoms with Crippen molar-refractivity contribution in [2.45, 2.75) is 11.7 Å². The first kappa shape index (κ1) is 14.4. The number of thioether (sulfide) groups is 1. The van der Waals surface area contributed by atoms with Gasteiger partial charge in [0.2, 0.25) is 0 Å². The Bertz CT molecular complexity index is 800. The second kappa shape index (κ2) is 6.05. The monoisotopic (exact) mass is 339 g/mol. The van der Waals surface area contributed by atoms with Crippen LogP contribution in [0, 0.1) is 0 Å². The third kappa shape index (κ3) is 3.20. The van der Waals surface area contributed by atoms with E-state index < -0.39 is 5.97 Å². The number of imidazole rings is 1. The van der Waals surface area contributed by atoms with Gasteiger partial charge in [0.05, 0.1) is 28.3 Å². The minimum absolute atomic E-state index is 0.0258. The molecule has 1 N–H and O–H groups in total. The SMILES string of the molecule is O=C(O)CSc1nc2cnccc2n1Cc1ccc(Cl)s1. The fraction of sp³-hybridized carbons (Fsp3) is 0.154. The summed E-state index contributed by atoms with van der Waals surface area (Å²) in [6, 6.07) is 5.69. The number of carboxylic acid groups (broad SMARTS) is 1. The van der Waals surface area contributed by atoms with Crippen molar-refractivity contribution in [1.29, 1.82) is 0 Å². The average Bonchev–Trinajstić information content (AvgIpc) is 3.01. The average molecular weight is 340 g/mol. The van der Waals surface area contributed by atoms with Crippen molar-refractivity contribution in [2.24, 2.45) is 0 Å². The summed E-state index contributed by atoms with van der Waals surface area (Å²) in [5.41, 5.74) is 1.69. The Morgan fingerprint density at radius 3 is 3.00 bits per heavy atom. The van der Waals surface area contributed by atoms with Crippen molar-refractivity contribution in [3.05, 3.63) is 39.8 Å². The molecule has 108 valence electrons. The van der Waals surface area contributed by atoms with Gasteiger partial charge >= 0.3 is 5.97 Å². The van der Waals surface area contributed by atoms with Crippen LogP contribution in [0.2, 0.25) is 4.34 Å². The molecule has 0 aliphatic carbocycles.